The zero-order valence-corrected chi connectivity index (χ0v) is 11.5. The summed E-state index contributed by atoms with van der Waals surface area (Å²) in [7, 11) is 0. The second-order valence-corrected chi connectivity index (χ2v) is 4.38. The van der Waals surface area contributed by atoms with Crippen molar-refractivity contribution >= 4 is 12.2 Å². The summed E-state index contributed by atoms with van der Waals surface area (Å²) in [5, 5.41) is 6.76. The quantitative estimate of drug-likeness (QED) is 0.629. The van der Waals surface area contributed by atoms with Crippen molar-refractivity contribution in [1.29, 1.82) is 0 Å². The minimum atomic E-state index is 0.503. The van der Waals surface area contributed by atoms with E-state index in [1.807, 2.05) is 31.2 Å². The maximum atomic E-state index is 5.49. The van der Waals surface area contributed by atoms with Gasteiger partial charge in [-0.2, -0.15) is 5.10 Å². The lowest BCUT2D eigenvalue weighted by Crippen LogP contribution is -2.16. The summed E-state index contributed by atoms with van der Waals surface area (Å²) >= 11 is 5.12. The summed E-state index contributed by atoms with van der Waals surface area (Å²) in [6.07, 6.45) is 1.72. The van der Waals surface area contributed by atoms with Crippen LogP contribution in [0.5, 0.6) is 5.75 Å². The molecule has 0 aliphatic carbocycles. The van der Waals surface area contributed by atoms with Gasteiger partial charge in [-0.1, -0.05) is 24.8 Å². The van der Waals surface area contributed by atoms with Gasteiger partial charge in [-0.3, -0.25) is 5.10 Å². The van der Waals surface area contributed by atoms with Gasteiger partial charge in [0, 0.05) is 0 Å². The van der Waals surface area contributed by atoms with Gasteiger partial charge in [0.1, 0.15) is 18.2 Å². The van der Waals surface area contributed by atoms with Crippen LogP contribution in [0.4, 0.5) is 0 Å². The third-order valence-electron chi connectivity index (χ3n) is 2.55. The molecule has 1 aromatic carbocycles. The summed E-state index contributed by atoms with van der Waals surface area (Å²) in [6.45, 7) is 6.64. The molecule has 0 spiro atoms. The second kappa shape index (κ2) is 6.19. The summed E-state index contributed by atoms with van der Waals surface area (Å²) in [5.41, 5.74) is 4.30. The Kier molecular flexibility index (Phi) is 4.35. The molecule has 0 bridgehead atoms. The van der Waals surface area contributed by atoms with E-state index in [0.29, 0.717) is 17.9 Å². The Hall–Kier alpha value is -2.08. The molecule has 0 saturated carbocycles. The molecule has 0 saturated heterocycles. The van der Waals surface area contributed by atoms with E-state index < -0.39 is 0 Å². The molecule has 0 unspecified atom stereocenters. The summed E-state index contributed by atoms with van der Waals surface area (Å²) in [6, 6.07) is 7.88. The number of hydrogen-bond donors (Lipinski definition) is 2. The zero-order chi connectivity index (χ0) is 13.7. The Morgan fingerprint density at radius 2 is 2.42 bits per heavy atom. The van der Waals surface area contributed by atoms with Crippen LogP contribution >= 0.6 is 12.2 Å². The average Bonchev–Trinajstić information content (AvgIpc) is 2.74. The Balaban J connectivity index is 2.03. The average molecular weight is 276 g/mol. The van der Waals surface area contributed by atoms with Crippen molar-refractivity contribution in [2.75, 3.05) is 12.0 Å². The first-order valence-corrected chi connectivity index (χ1v) is 6.32. The highest BCUT2D eigenvalue weighted by atomic mass is 32.1. The molecule has 2 aromatic rings. The number of aromatic nitrogens is 3. The smallest absolute Gasteiger partial charge is 0.214 e. The van der Waals surface area contributed by atoms with Crippen LogP contribution in [0.2, 0.25) is 0 Å². The maximum Gasteiger partial charge on any atom is 0.214 e. The SMILES string of the molecule is C=CCOc1cccc(CNn2c(C)n[nH]c2=S)c1. The van der Waals surface area contributed by atoms with Crippen molar-refractivity contribution in [1.82, 2.24) is 14.9 Å². The number of hydrogen-bond acceptors (Lipinski definition) is 4. The highest BCUT2D eigenvalue weighted by molar-refractivity contribution is 7.71. The number of benzene rings is 1. The zero-order valence-electron chi connectivity index (χ0n) is 10.7. The van der Waals surface area contributed by atoms with E-state index in [0.717, 1.165) is 17.1 Å². The lowest BCUT2D eigenvalue weighted by Gasteiger charge is -2.09. The van der Waals surface area contributed by atoms with Crippen molar-refractivity contribution < 1.29 is 4.74 Å². The number of aromatic amines is 1. The molecular weight excluding hydrogens is 260 g/mol. The van der Waals surface area contributed by atoms with Crippen molar-refractivity contribution in [3.8, 4) is 5.75 Å². The molecule has 5 nitrogen and oxygen atoms in total. The largest absolute Gasteiger partial charge is 0.490 e. The molecule has 2 N–H and O–H groups in total. The number of rotatable bonds is 6. The van der Waals surface area contributed by atoms with Gasteiger partial charge < -0.3 is 10.2 Å². The normalized spacial score (nSPS) is 10.2. The predicted molar refractivity (Wildman–Crippen MR) is 77.3 cm³/mol. The maximum absolute atomic E-state index is 5.49. The fraction of sp³-hybridized carbons (Fsp3) is 0.231. The van der Waals surface area contributed by atoms with Crippen LogP contribution in [0.1, 0.15) is 11.4 Å². The molecule has 0 amide bonds. The first-order chi connectivity index (χ1) is 9.20. The van der Waals surface area contributed by atoms with Crippen LogP contribution in [0.3, 0.4) is 0 Å². The standard InChI is InChI=1S/C13H16N4OS/c1-3-7-18-12-6-4-5-11(8-12)9-14-17-10(2)15-16-13(17)19/h3-6,8,14H,1,7,9H2,2H3,(H,16,19). The van der Waals surface area contributed by atoms with Gasteiger partial charge in [0.05, 0.1) is 6.54 Å². The van der Waals surface area contributed by atoms with E-state index in [1.165, 1.54) is 0 Å². The number of ether oxygens (including phenoxy) is 1. The van der Waals surface area contributed by atoms with Gasteiger partial charge in [-0.25, -0.2) is 4.68 Å². The Bertz CT molecular complexity index is 617. The molecule has 6 heteroatoms. The van der Waals surface area contributed by atoms with Gasteiger partial charge in [0.2, 0.25) is 4.77 Å². The molecule has 1 aromatic heterocycles. The number of aryl methyl sites for hydroxylation is 1. The minimum absolute atomic E-state index is 0.503. The van der Waals surface area contributed by atoms with E-state index in [4.69, 9.17) is 17.0 Å². The number of nitrogens with one attached hydrogen (secondary N) is 2. The van der Waals surface area contributed by atoms with E-state index in [-0.39, 0.29) is 0 Å². The molecule has 100 valence electrons. The second-order valence-electron chi connectivity index (χ2n) is 3.99. The fourth-order valence-corrected chi connectivity index (χ4v) is 1.87. The van der Waals surface area contributed by atoms with Gasteiger partial charge in [-0.15, -0.1) is 0 Å². The van der Waals surface area contributed by atoms with Crippen LogP contribution < -0.4 is 10.2 Å². The lowest BCUT2D eigenvalue weighted by molar-refractivity contribution is 0.363. The first-order valence-electron chi connectivity index (χ1n) is 5.91. The topological polar surface area (TPSA) is 54.9 Å². The summed E-state index contributed by atoms with van der Waals surface area (Å²) < 4.78 is 7.78. The van der Waals surface area contributed by atoms with E-state index in [1.54, 1.807) is 10.8 Å². The van der Waals surface area contributed by atoms with Crippen LogP contribution in [0.15, 0.2) is 36.9 Å². The number of H-pyrrole nitrogens is 1. The van der Waals surface area contributed by atoms with Gasteiger partial charge >= 0.3 is 0 Å². The molecule has 19 heavy (non-hydrogen) atoms. The first kappa shape index (κ1) is 13.4. The Morgan fingerprint density at radius 3 is 3.11 bits per heavy atom. The molecule has 0 fully saturated rings. The Labute approximate surface area is 116 Å². The fourth-order valence-electron chi connectivity index (χ4n) is 1.63. The lowest BCUT2D eigenvalue weighted by atomic mass is 10.2. The molecule has 2 rings (SSSR count). The third kappa shape index (κ3) is 3.45. The molecule has 0 atom stereocenters. The van der Waals surface area contributed by atoms with Crippen LogP contribution in [-0.2, 0) is 6.54 Å². The van der Waals surface area contributed by atoms with Crippen molar-refractivity contribution in [2.45, 2.75) is 13.5 Å². The molecule has 0 aliphatic rings. The number of nitrogens with zero attached hydrogens (tertiary/aromatic N) is 2. The third-order valence-corrected chi connectivity index (χ3v) is 2.82. The Morgan fingerprint density at radius 1 is 1.58 bits per heavy atom. The van der Waals surface area contributed by atoms with E-state index in [2.05, 4.69) is 22.2 Å². The molecule has 0 radical (unpaired) electrons. The predicted octanol–water partition coefficient (Wildman–Crippen LogP) is 2.56. The summed E-state index contributed by atoms with van der Waals surface area (Å²) in [4.78, 5) is 0. The van der Waals surface area contributed by atoms with Gasteiger partial charge in [0.15, 0.2) is 0 Å². The van der Waals surface area contributed by atoms with Crippen LogP contribution in [0.25, 0.3) is 0 Å². The highest BCUT2D eigenvalue weighted by Gasteiger charge is 2.01. The van der Waals surface area contributed by atoms with Gasteiger partial charge in [-0.05, 0) is 36.8 Å². The summed E-state index contributed by atoms with van der Waals surface area (Å²) in [5.74, 6) is 1.62. The van der Waals surface area contributed by atoms with E-state index in [9.17, 15) is 0 Å². The van der Waals surface area contributed by atoms with Crippen molar-refractivity contribution in [3.05, 3.63) is 53.1 Å². The van der Waals surface area contributed by atoms with Crippen molar-refractivity contribution in [2.24, 2.45) is 0 Å². The van der Waals surface area contributed by atoms with Crippen LogP contribution in [-0.4, -0.2) is 21.5 Å². The van der Waals surface area contributed by atoms with Crippen LogP contribution in [0, 0.1) is 11.7 Å². The highest BCUT2D eigenvalue weighted by Crippen LogP contribution is 2.13. The van der Waals surface area contributed by atoms with Gasteiger partial charge in [0.25, 0.3) is 0 Å². The van der Waals surface area contributed by atoms with E-state index >= 15 is 0 Å². The molecule has 0 aliphatic heterocycles. The van der Waals surface area contributed by atoms with Crippen molar-refractivity contribution in [3.63, 3.8) is 0 Å². The molecular formula is C13H16N4OS. The monoisotopic (exact) mass is 276 g/mol. The molecule has 1 heterocycles. The minimum Gasteiger partial charge on any atom is -0.490 e.